The van der Waals surface area contributed by atoms with Crippen LogP contribution in [0, 0.1) is 22.7 Å². The highest BCUT2D eigenvalue weighted by atomic mass is 19.4. The van der Waals surface area contributed by atoms with Gasteiger partial charge in [0.1, 0.15) is 0 Å². The van der Waals surface area contributed by atoms with Gasteiger partial charge in [0.25, 0.3) is 0 Å². The lowest BCUT2D eigenvalue weighted by atomic mass is 9.63. The standard InChI is InChI=1S/C24H39F3N2O/c1-16(13-21(4,5)18(3)22(6,7)15-30)12-17(2)19-8-10-20(11-9-19)23(14-29(23)28)24(25,26)27/h8-11,16-18,30H,12-15,28H2,1-7H3. The molecule has 1 aliphatic rings. The first-order valence-corrected chi connectivity index (χ1v) is 10.9. The molecule has 1 aliphatic heterocycles. The van der Waals surface area contributed by atoms with E-state index in [1.807, 2.05) is 12.1 Å². The molecule has 3 nitrogen and oxygen atoms in total. The molecule has 0 spiro atoms. The molecular weight excluding hydrogens is 389 g/mol. The highest BCUT2D eigenvalue weighted by molar-refractivity contribution is 5.36. The van der Waals surface area contributed by atoms with Crippen molar-refractivity contribution < 1.29 is 18.3 Å². The van der Waals surface area contributed by atoms with Gasteiger partial charge in [-0.05, 0) is 52.6 Å². The molecule has 0 saturated carbocycles. The van der Waals surface area contributed by atoms with Crippen molar-refractivity contribution in [3.8, 4) is 0 Å². The Labute approximate surface area is 179 Å². The van der Waals surface area contributed by atoms with Gasteiger partial charge in [-0.2, -0.15) is 13.2 Å². The Bertz CT molecular complexity index is 714. The van der Waals surface area contributed by atoms with Crippen LogP contribution in [0.2, 0.25) is 0 Å². The first-order chi connectivity index (χ1) is 13.6. The number of aliphatic hydroxyl groups is 1. The molecule has 2 rings (SSSR count). The number of hydrazine groups is 1. The van der Waals surface area contributed by atoms with Crippen molar-refractivity contribution in [2.24, 2.45) is 28.5 Å². The van der Waals surface area contributed by atoms with Gasteiger partial charge in [0, 0.05) is 13.2 Å². The maximum atomic E-state index is 13.5. The fraction of sp³-hybridized carbons (Fsp3) is 0.750. The van der Waals surface area contributed by atoms with E-state index < -0.39 is 11.7 Å². The van der Waals surface area contributed by atoms with Crippen molar-refractivity contribution in [3.63, 3.8) is 0 Å². The molecule has 1 heterocycles. The first kappa shape index (κ1) is 25.2. The maximum Gasteiger partial charge on any atom is 0.413 e. The van der Waals surface area contributed by atoms with E-state index >= 15 is 0 Å². The number of hydrogen-bond donors (Lipinski definition) is 2. The third kappa shape index (κ3) is 4.86. The highest BCUT2D eigenvalue weighted by Crippen LogP contribution is 2.52. The quantitative estimate of drug-likeness (QED) is 0.384. The molecule has 0 aliphatic carbocycles. The summed E-state index contributed by atoms with van der Waals surface area (Å²) in [4.78, 5) is 0. The molecule has 0 amide bonds. The summed E-state index contributed by atoms with van der Waals surface area (Å²) in [7, 11) is 0. The Morgan fingerprint density at radius 2 is 1.53 bits per heavy atom. The largest absolute Gasteiger partial charge is 0.413 e. The lowest BCUT2D eigenvalue weighted by Crippen LogP contribution is -2.37. The molecular formula is C24H39F3N2O. The summed E-state index contributed by atoms with van der Waals surface area (Å²) >= 11 is 0. The van der Waals surface area contributed by atoms with Crippen molar-refractivity contribution in [2.75, 3.05) is 13.2 Å². The second kappa shape index (κ2) is 8.44. The minimum atomic E-state index is -4.38. The number of benzene rings is 1. The van der Waals surface area contributed by atoms with Gasteiger partial charge in [-0.3, -0.25) is 5.84 Å². The summed E-state index contributed by atoms with van der Waals surface area (Å²) in [6, 6.07) is 6.78. The predicted octanol–water partition coefficient (Wildman–Crippen LogP) is 5.83. The van der Waals surface area contributed by atoms with E-state index in [9.17, 15) is 18.3 Å². The molecule has 0 radical (unpaired) electrons. The monoisotopic (exact) mass is 428 g/mol. The topological polar surface area (TPSA) is 49.3 Å². The number of halogens is 3. The van der Waals surface area contributed by atoms with Crippen LogP contribution in [0.3, 0.4) is 0 Å². The van der Waals surface area contributed by atoms with Crippen molar-refractivity contribution in [2.45, 2.75) is 78.9 Å². The smallest absolute Gasteiger partial charge is 0.396 e. The number of nitrogens with zero attached hydrogens (tertiary/aromatic N) is 1. The van der Waals surface area contributed by atoms with E-state index in [1.165, 1.54) is 0 Å². The molecule has 5 unspecified atom stereocenters. The molecule has 6 heteroatoms. The van der Waals surface area contributed by atoms with Crippen molar-refractivity contribution in [1.29, 1.82) is 0 Å². The SMILES string of the molecule is CC(CC(C)c1ccc(C2(C(F)(F)F)CN2N)cc1)CC(C)(C)C(C)C(C)(C)CO. The van der Waals surface area contributed by atoms with E-state index in [-0.39, 0.29) is 35.5 Å². The fourth-order valence-electron chi connectivity index (χ4n) is 5.06. The minimum Gasteiger partial charge on any atom is -0.396 e. The second-order valence-electron chi connectivity index (χ2n) is 10.9. The van der Waals surface area contributed by atoms with Gasteiger partial charge in [0.15, 0.2) is 5.54 Å². The van der Waals surface area contributed by atoms with Gasteiger partial charge in [-0.25, -0.2) is 5.01 Å². The number of rotatable bonds is 9. The zero-order chi connectivity index (χ0) is 23.1. The van der Waals surface area contributed by atoms with Crippen LogP contribution in [0.25, 0.3) is 0 Å². The second-order valence-corrected chi connectivity index (χ2v) is 10.9. The minimum absolute atomic E-state index is 0.0743. The van der Waals surface area contributed by atoms with E-state index in [0.29, 0.717) is 11.8 Å². The van der Waals surface area contributed by atoms with Crippen LogP contribution < -0.4 is 5.84 Å². The molecule has 1 saturated heterocycles. The van der Waals surface area contributed by atoms with E-state index in [4.69, 9.17) is 5.84 Å². The highest BCUT2D eigenvalue weighted by Gasteiger charge is 2.70. The van der Waals surface area contributed by atoms with Crippen molar-refractivity contribution in [3.05, 3.63) is 35.4 Å². The molecule has 1 fully saturated rings. The summed E-state index contributed by atoms with van der Waals surface area (Å²) in [6.07, 6.45) is -2.39. The lowest BCUT2D eigenvalue weighted by molar-refractivity contribution is -0.173. The number of hydrogen-bond acceptors (Lipinski definition) is 3. The molecule has 1 aromatic carbocycles. The van der Waals surface area contributed by atoms with Gasteiger partial charge in [0.05, 0.1) is 0 Å². The fourth-order valence-corrected chi connectivity index (χ4v) is 5.06. The van der Waals surface area contributed by atoms with Crippen LogP contribution >= 0.6 is 0 Å². The summed E-state index contributed by atoms with van der Waals surface area (Å²) in [5.41, 5.74) is -0.831. The zero-order valence-electron chi connectivity index (χ0n) is 19.5. The Hall–Kier alpha value is -1.11. The van der Waals surface area contributed by atoms with Gasteiger partial charge >= 0.3 is 6.18 Å². The van der Waals surface area contributed by atoms with E-state index in [1.54, 1.807) is 12.1 Å². The normalized spacial score (nSPS) is 25.7. The molecule has 3 N–H and O–H groups in total. The average Bonchev–Trinajstić information content (AvgIpc) is 3.33. The Kier molecular flexibility index (Phi) is 7.07. The van der Waals surface area contributed by atoms with Gasteiger partial charge in [-0.1, -0.05) is 72.7 Å². The third-order valence-electron chi connectivity index (χ3n) is 7.59. The number of alkyl halides is 3. The number of aliphatic hydroxyl groups excluding tert-OH is 1. The molecule has 5 atom stereocenters. The summed E-state index contributed by atoms with van der Waals surface area (Å²) in [6.45, 7) is 15.3. The van der Waals surface area contributed by atoms with E-state index in [2.05, 4.69) is 48.5 Å². The summed E-state index contributed by atoms with van der Waals surface area (Å²) in [5.74, 6) is 6.56. The van der Waals surface area contributed by atoms with Gasteiger partial charge < -0.3 is 5.11 Å². The Morgan fingerprint density at radius 1 is 1.03 bits per heavy atom. The van der Waals surface area contributed by atoms with Crippen molar-refractivity contribution in [1.82, 2.24) is 5.01 Å². The summed E-state index contributed by atoms with van der Waals surface area (Å²) < 4.78 is 40.4. The number of nitrogens with two attached hydrogens (primary N) is 1. The van der Waals surface area contributed by atoms with Crippen LogP contribution in [0.1, 0.15) is 78.4 Å². The van der Waals surface area contributed by atoms with Crippen LogP contribution in [0.15, 0.2) is 24.3 Å². The first-order valence-electron chi connectivity index (χ1n) is 10.9. The van der Waals surface area contributed by atoms with Gasteiger partial charge in [0.2, 0.25) is 0 Å². The van der Waals surface area contributed by atoms with Crippen LogP contribution in [0.4, 0.5) is 13.2 Å². The molecule has 0 aromatic heterocycles. The van der Waals surface area contributed by atoms with E-state index in [0.717, 1.165) is 23.4 Å². The molecule has 30 heavy (non-hydrogen) atoms. The molecule has 1 aromatic rings. The average molecular weight is 429 g/mol. The van der Waals surface area contributed by atoms with Crippen LogP contribution in [-0.4, -0.2) is 29.4 Å². The van der Waals surface area contributed by atoms with Crippen LogP contribution in [0.5, 0.6) is 0 Å². The predicted molar refractivity (Wildman–Crippen MR) is 116 cm³/mol. The van der Waals surface area contributed by atoms with Crippen molar-refractivity contribution >= 4 is 0 Å². The van der Waals surface area contributed by atoms with Gasteiger partial charge in [-0.15, -0.1) is 0 Å². The maximum absolute atomic E-state index is 13.5. The van der Waals surface area contributed by atoms with Crippen LogP contribution in [-0.2, 0) is 5.54 Å². The Morgan fingerprint density at radius 3 is 1.93 bits per heavy atom. The summed E-state index contributed by atoms with van der Waals surface area (Å²) in [5, 5.41) is 10.6. The third-order valence-corrected chi connectivity index (χ3v) is 7.59. The lowest BCUT2D eigenvalue weighted by Gasteiger charge is -2.43. The zero-order valence-corrected chi connectivity index (χ0v) is 19.5. The molecule has 172 valence electrons. The Balaban J connectivity index is 2.03. The molecule has 0 bridgehead atoms.